The van der Waals surface area contributed by atoms with E-state index >= 15 is 0 Å². The number of carbonyl (C=O) groups is 2. The van der Waals surface area contributed by atoms with Gasteiger partial charge >= 0.3 is 0 Å². The molecule has 130 valence electrons. The molecule has 0 aliphatic heterocycles. The van der Waals surface area contributed by atoms with Crippen molar-refractivity contribution in [2.75, 3.05) is 11.1 Å². The van der Waals surface area contributed by atoms with E-state index in [-0.39, 0.29) is 11.8 Å². The minimum absolute atomic E-state index is 0.293. The molecule has 0 saturated heterocycles. The number of amides is 2. The van der Waals surface area contributed by atoms with Crippen LogP contribution in [0.5, 0.6) is 0 Å². The first-order valence-corrected chi connectivity index (χ1v) is 8.43. The summed E-state index contributed by atoms with van der Waals surface area (Å²) in [7, 11) is 1.84. The standard InChI is InChI=1S/C16H18N6O2S/c1-8-11-6-12(25-16(11)22(3)21-8)15(24)19-9(2)14(23)20-10-4-5-13(17)18-7-10/h4-7,9H,1-3H3,(H2,17,18)(H,19,24)(H,20,23). The molecular formula is C16H18N6O2S. The molecule has 3 aromatic rings. The predicted octanol–water partition coefficient (Wildman–Crippen LogP) is 1.68. The smallest absolute Gasteiger partial charge is 0.262 e. The zero-order chi connectivity index (χ0) is 18.1. The van der Waals surface area contributed by atoms with Gasteiger partial charge in [0.25, 0.3) is 5.91 Å². The number of nitrogen functional groups attached to an aromatic ring is 1. The largest absolute Gasteiger partial charge is 0.384 e. The molecule has 0 aliphatic carbocycles. The fraction of sp³-hybridized carbons (Fsp3) is 0.250. The van der Waals surface area contributed by atoms with Crippen molar-refractivity contribution in [2.24, 2.45) is 7.05 Å². The lowest BCUT2D eigenvalue weighted by Crippen LogP contribution is -2.41. The number of thiophene rings is 1. The number of carbonyl (C=O) groups excluding carboxylic acids is 2. The highest BCUT2D eigenvalue weighted by Gasteiger charge is 2.20. The molecule has 4 N–H and O–H groups in total. The van der Waals surface area contributed by atoms with Crippen LogP contribution in [0.25, 0.3) is 10.2 Å². The van der Waals surface area contributed by atoms with Gasteiger partial charge in [-0.05, 0) is 32.0 Å². The second-order valence-corrected chi connectivity index (χ2v) is 6.73. The Bertz CT molecular complexity index is 909. The number of nitrogens with two attached hydrogens (primary N) is 1. The Hall–Kier alpha value is -2.94. The molecule has 3 heterocycles. The molecule has 1 atom stereocenters. The molecule has 1 unspecified atom stereocenters. The van der Waals surface area contributed by atoms with Crippen molar-refractivity contribution in [3.8, 4) is 0 Å². The van der Waals surface area contributed by atoms with Gasteiger partial charge in [-0.2, -0.15) is 5.10 Å². The van der Waals surface area contributed by atoms with E-state index in [1.165, 1.54) is 17.5 Å². The van der Waals surface area contributed by atoms with Crippen molar-refractivity contribution >= 4 is 44.9 Å². The van der Waals surface area contributed by atoms with Gasteiger partial charge in [-0.15, -0.1) is 11.3 Å². The second kappa shape index (κ2) is 6.52. The van der Waals surface area contributed by atoms with E-state index in [9.17, 15) is 9.59 Å². The van der Waals surface area contributed by atoms with Gasteiger partial charge in [0.2, 0.25) is 5.91 Å². The van der Waals surface area contributed by atoms with Crippen molar-refractivity contribution in [3.63, 3.8) is 0 Å². The van der Waals surface area contributed by atoms with Crippen LogP contribution >= 0.6 is 11.3 Å². The first kappa shape index (κ1) is 16.9. The summed E-state index contributed by atoms with van der Waals surface area (Å²) in [5.74, 6) is -0.258. The van der Waals surface area contributed by atoms with Crippen LogP contribution in [0.15, 0.2) is 24.4 Å². The van der Waals surface area contributed by atoms with Crippen LogP contribution in [0.4, 0.5) is 11.5 Å². The van der Waals surface area contributed by atoms with Gasteiger partial charge in [0.1, 0.15) is 16.7 Å². The van der Waals surface area contributed by atoms with Crippen molar-refractivity contribution in [2.45, 2.75) is 19.9 Å². The Morgan fingerprint density at radius 2 is 2.12 bits per heavy atom. The highest BCUT2D eigenvalue weighted by Crippen LogP contribution is 2.27. The van der Waals surface area contributed by atoms with Gasteiger partial charge in [0.15, 0.2) is 0 Å². The molecule has 0 saturated carbocycles. The summed E-state index contributed by atoms with van der Waals surface area (Å²) in [6.45, 7) is 3.52. The number of nitrogens with zero attached hydrogens (tertiary/aromatic N) is 3. The lowest BCUT2D eigenvalue weighted by atomic mass is 10.2. The lowest BCUT2D eigenvalue weighted by molar-refractivity contribution is -0.117. The Balaban J connectivity index is 1.67. The monoisotopic (exact) mass is 358 g/mol. The quantitative estimate of drug-likeness (QED) is 0.656. The summed E-state index contributed by atoms with van der Waals surface area (Å²) in [4.78, 5) is 30.0. The second-order valence-electron chi connectivity index (χ2n) is 5.69. The molecule has 9 heteroatoms. The Kier molecular flexibility index (Phi) is 4.41. The lowest BCUT2D eigenvalue weighted by Gasteiger charge is -2.13. The third kappa shape index (κ3) is 3.45. The Labute approximate surface area is 148 Å². The highest BCUT2D eigenvalue weighted by atomic mass is 32.1. The van der Waals surface area contributed by atoms with Gasteiger partial charge in [-0.3, -0.25) is 14.3 Å². The van der Waals surface area contributed by atoms with E-state index < -0.39 is 6.04 Å². The third-order valence-electron chi connectivity index (χ3n) is 3.71. The van der Waals surface area contributed by atoms with E-state index in [1.807, 2.05) is 14.0 Å². The first-order valence-electron chi connectivity index (χ1n) is 7.61. The molecule has 0 bridgehead atoms. The zero-order valence-corrected chi connectivity index (χ0v) is 14.8. The molecule has 0 aliphatic rings. The summed E-state index contributed by atoms with van der Waals surface area (Å²) >= 11 is 1.34. The highest BCUT2D eigenvalue weighted by molar-refractivity contribution is 7.20. The van der Waals surface area contributed by atoms with Crippen LogP contribution < -0.4 is 16.4 Å². The van der Waals surface area contributed by atoms with Gasteiger partial charge in [0, 0.05) is 12.4 Å². The number of hydrogen-bond acceptors (Lipinski definition) is 6. The van der Waals surface area contributed by atoms with Crippen molar-refractivity contribution < 1.29 is 9.59 Å². The van der Waals surface area contributed by atoms with Gasteiger partial charge < -0.3 is 16.4 Å². The van der Waals surface area contributed by atoms with E-state index in [4.69, 9.17) is 5.73 Å². The molecule has 0 fully saturated rings. The number of anilines is 2. The van der Waals surface area contributed by atoms with Crippen LogP contribution in [0.2, 0.25) is 0 Å². The first-order chi connectivity index (χ1) is 11.8. The maximum atomic E-state index is 12.4. The molecule has 0 aromatic carbocycles. The Morgan fingerprint density at radius 1 is 1.36 bits per heavy atom. The summed E-state index contributed by atoms with van der Waals surface area (Å²) in [5, 5.41) is 10.6. The molecule has 8 nitrogen and oxygen atoms in total. The van der Waals surface area contributed by atoms with Crippen molar-refractivity contribution in [1.29, 1.82) is 0 Å². The van der Waals surface area contributed by atoms with Crippen molar-refractivity contribution in [3.05, 3.63) is 35.0 Å². The van der Waals surface area contributed by atoms with E-state index in [1.54, 1.807) is 29.8 Å². The summed E-state index contributed by atoms with van der Waals surface area (Å²) in [5.41, 5.74) is 6.89. The average Bonchev–Trinajstić information content (AvgIpc) is 3.12. The normalized spacial score (nSPS) is 12.1. The molecule has 0 radical (unpaired) electrons. The predicted molar refractivity (Wildman–Crippen MR) is 97.5 cm³/mol. The molecule has 3 aromatic heterocycles. The number of aryl methyl sites for hydroxylation is 2. The summed E-state index contributed by atoms with van der Waals surface area (Å²) in [6.07, 6.45) is 1.46. The number of nitrogens with one attached hydrogen (secondary N) is 2. The van der Waals surface area contributed by atoms with Gasteiger partial charge in [-0.25, -0.2) is 4.98 Å². The molecule has 2 amide bonds. The maximum absolute atomic E-state index is 12.4. The van der Waals surface area contributed by atoms with E-state index in [0.717, 1.165) is 15.9 Å². The number of hydrogen-bond donors (Lipinski definition) is 3. The number of aromatic nitrogens is 3. The van der Waals surface area contributed by atoms with E-state index in [2.05, 4.69) is 20.7 Å². The van der Waals surface area contributed by atoms with Crippen LogP contribution in [0.1, 0.15) is 22.3 Å². The van der Waals surface area contributed by atoms with Crippen LogP contribution in [0.3, 0.4) is 0 Å². The SMILES string of the molecule is Cc1nn(C)c2sc(C(=O)NC(C)C(=O)Nc3ccc(N)nc3)cc12. The molecular weight excluding hydrogens is 340 g/mol. The van der Waals surface area contributed by atoms with E-state index in [0.29, 0.717) is 16.4 Å². The summed E-state index contributed by atoms with van der Waals surface area (Å²) in [6, 6.07) is 4.34. The minimum atomic E-state index is -0.700. The fourth-order valence-corrected chi connectivity index (χ4v) is 3.41. The summed E-state index contributed by atoms with van der Waals surface area (Å²) < 4.78 is 1.75. The molecule has 0 spiro atoms. The molecule has 3 rings (SSSR count). The maximum Gasteiger partial charge on any atom is 0.262 e. The van der Waals surface area contributed by atoms with Crippen molar-refractivity contribution in [1.82, 2.24) is 20.1 Å². The fourth-order valence-electron chi connectivity index (χ4n) is 2.38. The topological polar surface area (TPSA) is 115 Å². The average molecular weight is 358 g/mol. The number of fused-ring (bicyclic) bond motifs is 1. The van der Waals surface area contributed by atoms with Crippen LogP contribution in [-0.2, 0) is 11.8 Å². The Morgan fingerprint density at radius 3 is 2.76 bits per heavy atom. The third-order valence-corrected chi connectivity index (χ3v) is 4.92. The number of rotatable bonds is 4. The number of pyridine rings is 1. The zero-order valence-electron chi connectivity index (χ0n) is 14.0. The minimum Gasteiger partial charge on any atom is -0.384 e. The van der Waals surface area contributed by atoms with Gasteiger partial charge in [-0.1, -0.05) is 0 Å². The van der Waals surface area contributed by atoms with Crippen LogP contribution in [-0.4, -0.2) is 32.6 Å². The van der Waals surface area contributed by atoms with Crippen LogP contribution in [0, 0.1) is 6.92 Å². The molecule has 25 heavy (non-hydrogen) atoms. The van der Waals surface area contributed by atoms with Gasteiger partial charge in [0.05, 0.1) is 22.5 Å².